The largest absolute Gasteiger partial charge is 0.483 e. The predicted octanol–water partition coefficient (Wildman–Crippen LogP) is 2.09. The molecule has 1 aliphatic heterocycles. The number of furan rings is 1. The molecule has 0 aliphatic carbocycles. The van der Waals surface area contributed by atoms with Gasteiger partial charge in [0.1, 0.15) is 24.3 Å². The fourth-order valence-corrected chi connectivity index (χ4v) is 1.85. The molecule has 1 atom stereocenters. The number of fused-ring (bicyclic) bond motifs is 1. The van der Waals surface area contributed by atoms with Gasteiger partial charge in [0.2, 0.25) is 0 Å². The fourth-order valence-electron chi connectivity index (χ4n) is 1.85. The van der Waals surface area contributed by atoms with E-state index in [2.05, 4.69) is 10.3 Å². The number of hydrogen-bond acceptors (Lipinski definition) is 4. The van der Waals surface area contributed by atoms with Gasteiger partial charge in [-0.25, -0.2) is 0 Å². The highest BCUT2D eigenvalue weighted by Crippen LogP contribution is 2.30. The summed E-state index contributed by atoms with van der Waals surface area (Å²) in [5.74, 6) is 0.797. The van der Waals surface area contributed by atoms with Gasteiger partial charge in [-0.05, 0) is 17.7 Å². The number of rotatable bonds is 2. The first-order valence-corrected chi connectivity index (χ1v) is 5.27. The van der Waals surface area contributed by atoms with Crippen molar-refractivity contribution in [1.82, 2.24) is 4.98 Å². The van der Waals surface area contributed by atoms with E-state index in [0.29, 0.717) is 0 Å². The quantitative estimate of drug-likeness (QED) is 0.835. The molecule has 3 heterocycles. The molecule has 0 bridgehead atoms. The van der Waals surface area contributed by atoms with E-state index < -0.39 is 0 Å². The summed E-state index contributed by atoms with van der Waals surface area (Å²) in [5, 5.41) is 3.28. The molecule has 0 amide bonds. The first kappa shape index (κ1) is 9.27. The molecule has 1 N–H and O–H groups in total. The minimum atomic E-state index is 0.146. The lowest BCUT2D eigenvalue weighted by atomic mass is 10.1. The first-order chi connectivity index (χ1) is 7.92. The average molecular weight is 216 g/mol. The highest BCUT2D eigenvalue weighted by atomic mass is 16.5. The Morgan fingerprint density at radius 1 is 1.31 bits per heavy atom. The van der Waals surface area contributed by atoms with Crippen LogP contribution >= 0.6 is 0 Å². The van der Waals surface area contributed by atoms with Gasteiger partial charge in [-0.2, -0.15) is 0 Å². The molecule has 1 unspecified atom stereocenters. The van der Waals surface area contributed by atoms with E-state index in [4.69, 9.17) is 9.15 Å². The molecule has 3 rings (SSSR count). The maximum Gasteiger partial charge on any atom is 0.181 e. The molecular weight excluding hydrogens is 204 g/mol. The van der Waals surface area contributed by atoms with Crippen molar-refractivity contribution in [3.05, 3.63) is 42.6 Å². The zero-order chi connectivity index (χ0) is 10.8. The lowest BCUT2D eigenvalue weighted by Crippen LogP contribution is -2.32. The number of anilines is 1. The van der Waals surface area contributed by atoms with Crippen LogP contribution in [0.2, 0.25) is 0 Å². The molecule has 1 aliphatic rings. The van der Waals surface area contributed by atoms with Crippen molar-refractivity contribution in [3.8, 4) is 5.75 Å². The van der Waals surface area contributed by atoms with Crippen molar-refractivity contribution >= 4 is 5.69 Å². The normalized spacial score (nSPS) is 18.4. The van der Waals surface area contributed by atoms with Crippen LogP contribution in [0.5, 0.6) is 5.75 Å². The SMILES string of the molecule is c1cc(CC2CNc3cocc3O2)ccn1. The molecule has 0 saturated heterocycles. The van der Waals surface area contributed by atoms with E-state index in [1.807, 2.05) is 12.1 Å². The Kier molecular flexibility index (Phi) is 2.25. The number of aromatic nitrogens is 1. The van der Waals surface area contributed by atoms with Crippen LogP contribution in [0, 0.1) is 0 Å². The second-order valence-electron chi connectivity index (χ2n) is 3.83. The molecule has 0 radical (unpaired) electrons. The van der Waals surface area contributed by atoms with E-state index in [9.17, 15) is 0 Å². The smallest absolute Gasteiger partial charge is 0.181 e. The molecular formula is C12H12N2O2. The predicted molar refractivity (Wildman–Crippen MR) is 59.6 cm³/mol. The molecule has 0 fully saturated rings. The average Bonchev–Trinajstić information content (AvgIpc) is 2.77. The maximum atomic E-state index is 5.80. The van der Waals surface area contributed by atoms with Gasteiger partial charge in [-0.15, -0.1) is 0 Å². The lowest BCUT2D eigenvalue weighted by molar-refractivity contribution is 0.205. The Balaban J connectivity index is 1.71. The molecule has 16 heavy (non-hydrogen) atoms. The Bertz CT molecular complexity index is 467. The van der Waals surface area contributed by atoms with Crippen LogP contribution in [-0.2, 0) is 6.42 Å². The van der Waals surface area contributed by atoms with E-state index in [0.717, 1.165) is 24.4 Å². The molecule has 4 heteroatoms. The summed E-state index contributed by atoms with van der Waals surface area (Å²) in [7, 11) is 0. The minimum absolute atomic E-state index is 0.146. The molecule has 0 spiro atoms. The lowest BCUT2D eigenvalue weighted by Gasteiger charge is -2.24. The van der Waals surface area contributed by atoms with Gasteiger partial charge in [0, 0.05) is 18.8 Å². The van der Waals surface area contributed by atoms with Gasteiger partial charge < -0.3 is 14.5 Å². The molecule has 2 aromatic rings. The van der Waals surface area contributed by atoms with Crippen molar-refractivity contribution in [2.75, 3.05) is 11.9 Å². The minimum Gasteiger partial charge on any atom is -0.483 e. The molecule has 4 nitrogen and oxygen atoms in total. The Hall–Kier alpha value is -1.97. The van der Waals surface area contributed by atoms with Gasteiger partial charge in [0.05, 0.1) is 6.54 Å². The van der Waals surface area contributed by atoms with Crippen molar-refractivity contribution in [1.29, 1.82) is 0 Å². The zero-order valence-corrected chi connectivity index (χ0v) is 8.72. The van der Waals surface area contributed by atoms with Crippen LogP contribution in [-0.4, -0.2) is 17.6 Å². The number of pyridine rings is 1. The van der Waals surface area contributed by atoms with E-state index in [-0.39, 0.29) is 6.10 Å². The van der Waals surface area contributed by atoms with Crippen LogP contribution in [0.4, 0.5) is 5.69 Å². The van der Waals surface area contributed by atoms with Crippen molar-refractivity contribution < 1.29 is 9.15 Å². The number of nitrogens with one attached hydrogen (secondary N) is 1. The van der Waals surface area contributed by atoms with Crippen molar-refractivity contribution in [2.24, 2.45) is 0 Å². The fraction of sp³-hybridized carbons (Fsp3) is 0.250. The molecule has 0 saturated carbocycles. The van der Waals surface area contributed by atoms with Crippen molar-refractivity contribution in [3.63, 3.8) is 0 Å². The number of hydrogen-bond donors (Lipinski definition) is 1. The monoisotopic (exact) mass is 216 g/mol. The summed E-state index contributed by atoms with van der Waals surface area (Å²) in [4.78, 5) is 3.99. The second-order valence-corrected chi connectivity index (χ2v) is 3.83. The molecule has 0 aromatic carbocycles. The summed E-state index contributed by atoms with van der Waals surface area (Å²) in [6.45, 7) is 0.800. The van der Waals surface area contributed by atoms with Crippen molar-refractivity contribution in [2.45, 2.75) is 12.5 Å². The summed E-state index contributed by atoms with van der Waals surface area (Å²) in [5.41, 5.74) is 2.17. The van der Waals surface area contributed by atoms with Crippen LogP contribution in [0.3, 0.4) is 0 Å². The van der Waals surface area contributed by atoms with Crippen LogP contribution < -0.4 is 10.1 Å². The Morgan fingerprint density at radius 2 is 2.19 bits per heavy atom. The van der Waals surface area contributed by atoms with E-state index >= 15 is 0 Å². The van der Waals surface area contributed by atoms with Gasteiger partial charge in [-0.1, -0.05) is 0 Å². The maximum absolute atomic E-state index is 5.80. The zero-order valence-electron chi connectivity index (χ0n) is 8.72. The standard InChI is InChI=1S/C12H12N2O2/c1-3-13-4-2-9(1)5-10-6-14-11-7-15-8-12(11)16-10/h1-4,7-8,10,14H,5-6H2. The molecule has 2 aromatic heterocycles. The number of nitrogens with zero attached hydrogens (tertiary/aromatic N) is 1. The van der Waals surface area contributed by atoms with Gasteiger partial charge in [0.25, 0.3) is 0 Å². The third-order valence-electron chi connectivity index (χ3n) is 2.65. The summed E-state index contributed by atoms with van der Waals surface area (Å²) in [6.07, 6.45) is 7.91. The summed E-state index contributed by atoms with van der Waals surface area (Å²) >= 11 is 0. The van der Waals surface area contributed by atoms with Gasteiger partial charge in [-0.3, -0.25) is 4.98 Å². The second kappa shape index (κ2) is 3.89. The number of ether oxygens (including phenoxy) is 1. The topological polar surface area (TPSA) is 47.3 Å². The highest BCUT2D eigenvalue weighted by Gasteiger charge is 2.20. The first-order valence-electron chi connectivity index (χ1n) is 5.27. The van der Waals surface area contributed by atoms with E-state index in [1.54, 1.807) is 24.9 Å². The highest BCUT2D eigenvalue weighted by molar-refractivity contribution is 5.55. The summed E-state index contributed by atoms with van der Waals surface area (Å²) in [6, 6.07) is 4.02. The van der Waals surface area contributed by atoms with E-state index in [1.165, 1.54) is 5.56 Å². The van der Waals surface area contributed by atoms with Gasteiger partial charge in [0.15, 0.2) is 5.75 Å². The van der Waals surface area contributed by atoms with Crippen LogP contribution in [0.15, 0.2) is 41.5 Å². The summed E-state index contributed by atoms with van der Waals surface area (Å²) < 4.78 is 10.9. The Labute approximate surface area is 93.3 Å². The van der Waals surface area contributed by atoms with Crippen LogP contribution in [0.25, 0.3) is 0 Å². The molecule has 82 valence electrons. The van der Waals surface area contributed by atoms with Crippen LogP contribution in [0.1, 0.15) is 5.56 Å². The third-order valence-corrected chi connectivity index (χ3v) is 2.65. The van der Waals surface area contributed by atoms with Gasteiger partial charge >= 0.3 is 0 Å². The Morgan fingerprint density at radius 3 is 3.06 bits per heavy atom. The third kappa shape index (κ3) is 1.74.